The maximum absolute atomic E-state index is 12.1. The first-order valence-corrected chi connectivity index (χ1v) is 9.27. The maximum Gasteiger partial charge on any atom is 0.224 e. The van der Waals surface area contributed by atoms with Gasteiger partial charge in [-0.25, -0.2) is 4.98 Å². The fourth-order valence-electron chi connectivity index (χ4n) is 2.67. The summed E-state index contributed by atoms with van der Waals surface area (Å²) in [6.07, 6.45) is 1.04. The number of halogens is 1. The molecule has 0 aliphatic carbocycles. The molecule has 2 aromatic carbocycles. The first-order chi connectivity index (χ1) is 13.5. The molecule has 0 fully saturated rings. The van der Waals surface area contributed by atoms with Crippen molar-refractivity contribution in [2.24, 2.45) is 5.73 Å². The highest BCUT2D eigenvalue weighted by molar-refractivity contribution is 5.90. The number of aryl methyl sites for hydroxylation is 2. The van der Waals surface area contributed by atoms with E-state index in [2.05, 4.69) is 34.3 Å². The van der Waals surface area contributed by atoms with Crippen LogP contribution in [0, 0.1) is 13.8 Å². The molecule has 0 spiro atoms. The number of nitrogens with one attached hydrogen (secondary N) is 2. The van der Waals surface area contributed by atoms with Crippen molar-refractivity contribution in [3.63, 3.8) is 0 Å². The second kappa shape index (κ2) is 10.6. The molecule has 7 nitrogen and oxygen atoms in total. The summed E-state index contributed by atoms with van der Waals surface area (Å²) in [7, 11) is 0. The maximum atomic E-state index is 12.1. The third-order valence-electron chi connectivity index (χ3n) is 4.45. The van der Waals surface area contributed by atoms with Gasteiger partial charge in [-0.05, 0) is 67.8 Å². The molecule has 0 bridgehead atoms. The minimum absolute atomic E-state index is 0. The lowest BCUT2D eigenvalue weighted by Crippen LogP contribution is -2.12. The SMILES string of the molecule is Cc1ccc(OCCCC(=O)Nc2ccc(-c3n[nH]c(CN)n3)cc2)cc1C.Cl. The smallest absolute Gasteiger partial charge is 0.224 e. The molecular weight excluding hydrogens is 390 g/mol. The van der Waals surface area contributed by atoms with E-state index in [0.29, 0.717) is 37.6 Å². The minimum Gasteiger partial charge on any atom is -0.494 e. The number of anilines is 1. The lowest BCUT2D eigenvalue weighted by molar-refractivity contribution is -0.116. The number of rotatable bonds is 8. The zero-order chi connectivity index (χ0) is 19.9. The highest BCUT2D eigenvalue weighted by atomic mass is 35.5. The van der Waals surface area contributed by atoms with Gasteiger partial charge >= 0.3 is 0 Å². The molecule has 0 saturated heterocycles. The second-order valence-corrected chi connectivity index (χ2v) is 6.63. The molecule has 0 saturated carbocycles. The van der Waals surface area contributed by atoms with Crippen molar-refractivity contribution < 1.29 is 9.53 Å². The number of aromatic amines is 1. The molecule has 1 heterocycles. The molecule has 4 N–H and O–H groups in total. The second-order valence-electron chi connectivity index (χ2n) is 6.63. The van der Waals surface area contributed by atoms with Crippen LogP contribution in [0.25, 0.3) is 11.4 Å². The van der Waals surface area contributed by atoms with Crippen molar-refractivity contribution in [2.75, 3.05) is 11.9 Å². The number of carbonyl (C=O) groups excluding carboxylic acids is 1. The Bertz CT molecular complexity index is 940. The zero-order valence-electron chi connectivity index (χ0n) is 16.6. The topological polar surface area (TPSA) is 106 Å². The minimum atomic E-state index is -0.0419. The zero-order valence-corrected chi connectivity index (χ0v) is 17.4. The Labute approximate surface area is 176 Å². The quantitative estimate of drug-likeness (QED) is 0.485. The molecule has 0 aliphatic rings. The lowest BCUT2D eigenvalue weighted by atomic mass is 10.1. The highest BCUT2D eigenvalue weighted by Crippen LogP contribution is 2.19. The van der Waals surface area contributed by atoms with Crippen LogP contribution in [0.15, 0.2) is 42.5 Å². The van der Waals surface area contributed by atoms with Crippen molar-refractivity contribution in [1.82, 2.24) is 15.2 Å². The third-order valence-corrected chi connectivity index (χ3v) is 4.45. The van der Waals surface area contributed by atoms with Crippen LogP contribution in [0.4, 0.5) is 5.69 Å². The van der Waals surface area contributed by atoms with Gasteiger partial charge in [0, 0.05) is 17.7 Å². The van der Waals surface area contributed by atoms with Crippen molar-refractivity contribution in [3.8, 4) is 17.1 Å². The van der Waals surface area contributed by atoms with E-state index in [1.54, 1.807) is 0 Å². The van der Waals surface area contributed by atoms with E-state index >= 15 is 0 Å². The van der Waals surface area contributed by atoms with Crippen LogP contribution in [0.1, 0.15) is 29.8 Å². The van der Waals surface area contributed by atoms with E-state index in [9.17, 15) is 4.79 Å². The molecule has 0 atom stereocenters. The number of nitrogens with two attached hydrogens (primary N) is 1. The van der Waals surface area contributed by atoms with E-state index in [1.807, 2.05) is 42.5 Å². The number of aromatic nitrogens is 3. The molecule has 3 rings (SSSR count). The Balaban J connectivity index is 0.00000300. The summed E-state index contributed by atoms with van der Waals surface area (Å²) in [6.45, 7) is 4.94. The molecule has 1 amide bonds. The van der Waals surface area contributed by atoms with Crippen LogP contribution >= 0.6 is 12.4 Å². The van der Waals surface area contributed by atoms with Gasteiger partial charge in [-0.2, -0.15) is 5.10 Å². The van der Waals surface area contributed by atoms with Crippen LogP contribution in [-0.2, 0) is 11.3 Å². The van der Waals surface area contributed by atoms with Gasteiger partial charge < -0.3 is 15.8 Å². The van der Waals surface area contributed by atoms with E-state index in [1.165, 1.54) is 11.1 Å². The van der Waals surface area contributed by atoms with Crippen molar-refractivity contribution >= 4 is 24.0 Å². The van der Waals surface area contributed by atoms with Crippen molar-refractivity contribution in [2.45, 2.75) is 33.2 Å². The molecule has 154 valence electrons. The molecule has 0 unspecified atom stereocenters. The lowest BCUT2D eigenvalue weighted by Gasteiger charge is -2.09. The normalized spacial score (nSPS) is 10.3. The molecule has 8 heteroatoms. The number of hydrogen-bond acceptors (Lipinski definition) is 5. The van der Waals surface area contributed by atoms with Gasteiger partial charge in [0.25, 0.3) is 0 Å². The summed E-state index contributed by atoms with van der Waals surface area (Å²) in [5.41, 5.74) is 9.55. The fraction of sp³-hybridized carbons (Fsp3) is 0.286. The molecular formula is C21H26ClN5O2. The summed E-state index contributed by atoms with van der Waals surface area (Å²) >= 11 is 0. The number of nitrogens with zero attached hydrogens (tertiary/aromatic N) is 2. The number of ether oxygens (including phenoxy) is 1. The first-order valence-electron chi connectivity index (χ1n) is 9.27. The molecule has 0 aliphatic heterocycles. The van der Waals surface area contributed by atoms with Crippen molar-refractivity contribution in [1.29, 1.82) is 0 Å². The van der Waals surface area contributed by atoms with E-state index in [4.69, 9.17) is 10.5 Å². The molecule has 1 aromatic heterocycles. The Hall–Kier alpha value is -2.90. The van der Waals surface area contributed by atoms with E-state index in [0.717, 1.165) is 17.0 Å². The summed E-state index contributed by atoms with van der Waals surface area (Å²) in [5.74, 6) is 2.01. The predicted molar refractivity (Wildman–Crippen MR) is 116 cm³/mol. The molecule has 0 radical (unpaired) electrons. The van der Waals surface area contributed by atoms with E-state index in [-0.39, 0.29) is 18.3 Å². The Morgan fingerprint density at radius 2 is 1.90 bits per heavy atom. The summed E-state index contributed by atoms with van der Waals surface area (Å²) in [6, 6.07) is 13.4. The van der Waals surface area contributed by atoms with Crippen LogP contribution in [-0.4, -0.2) is 27.7 Å². The highest BCUT2D eigenvalue weighted by Gasteiger charge is 2.07. The monoisotopic (exact) mass is 415 g/mol. The number of hydrogen-bond donors (Lipinski definition) is 3. The Morgan fingerprint density at radius 3 is 2.55 bits per heavy atom. The summed E-state index contributed by atoms with van der Waals surface area (Å²) in [4.78, 5) is 16.4. The van der Waals surface area contributed by atoms with Crippen LogP contribution < -0.4 is 15.8 Å². The van der Waals surface area contributed by atoms with Gasteiger partial charge in [0.15, 0.2) is 5.82 Å². The van der Waals surface area contributed by atoms with Gasteiger partial charge in [-0.15, -0.1) is 12.4 Å². The standard InChI is InChI=1S/C21H25N5O2.ClH/c1-14-5-10-18(12-15(14)2)28-11-3-4-20(27)23-17-8-6-16(7-9-17)21-24-19(13-22)25-26-21;/h5-10,12H,3-4,11,13,22H2,1-2H3,(H,23,27)(H,24,25,26);1H. The van der Waals surface area contributed by atoms with Crippen LogP contribution in [0.3, 0.4) is 0 Å². The number of amides is 1. The first kappa shape index (κ1) is 22.4. The summed E-state index contributed by atoms with van der Waals surface area (Å²) in [5, 5.41) is 9.78. The number of benzene rings is 2. The third kappa shape index (κ3) is 6.30. The van der Waals surface area contributed by atoms with Crippen LogP contribution in [0.2, 0.25) is 0 Å². The average Bonchev–Trinajstić information content (AvgIpc) is 3.18. The van der Waals surface area contributed by atoms with Gasteiger partial charge in [-0.3, -0.25) is 9.89 Å². The molecule has 29 heavy (non-hydrogen) atoms. The van der Waals surface area contributed by atoms with Gasteiger partial charge in [0.1, 0.15) is 11.6 Å². The fourth-order valence-corrected chi connectivity index (χ4v) is 2.67. The van der Waals surface area contributed by atoms with Crippen molar-refractivity contribution in [3.05, 3.63) is 59.4 Å². The average molecular weight is 416 g/mol. The van der Waals surface area contributed by atoms with Gasteiger partial charge in [-0.1, -0.05) is 6.07 Å². The van der Waals surface area contributed by atoms with E-state index < -0.39 is 0 Å². The number of H-pyrrole nitrogens is 1. The number of carbonyl (C=O) groups is 1. The van der Waals surface area contributed by atoms with Gasteiger partial charge in [0.2, 0.25) is 5.91 Å². The largest absolute Gasteiger partial charge is 0.494 e. The Kier molecular flexibility index (Phi) is 8.18. The Morgan fingerprint density at radius 1 is 1.14 bits per heavy atom. The van der Waals surface area contributed by atoms with Gasteiger partial charge in [0.05, 0.1) is 13.2 Å². The van der Waals surface area contributed by atoms with Crippen LogP contribution in [0.5, 0.6) is 5.75 Å². The summed E-state index contributed by atoms with van der Waals surface area (Å²) < 4.78 is 5.71. The predicted octanol–water partition coefficient (Wildman–Crippen LogP) is 3.77. The molecule has 3 aromatic rings.